The van der Waals surface area contributed by atoms with Gasteiger partial charge in [0.05, 0.1) is 0 Å². The molecule has 0 saturated carbocycles. The minimum atomic E-state index is -0.129. The SMILES string of the molecule is Cc1cc(C)nc(N2CCN(C(=O)CCC(=O)NCc3ccc(Cl)cc3)CC2)n1. The molecular formula is C21H26ClN5O2. The van der Waals surface area contributed by atoms with Gasteiger partial charge in [-0.3, -0.25) is 9.59 Å². The third-order valence-corrected chi connectivity index (χ3v) is 5.11. The van der Waals surface area contributed by atoms with E-state index >= 15 is 0 Å². The molecule has 1 aromatic carbocycles. The van der Waals surface area contributed by atoms with Gasteiger partial charge < -0.3 is 15.1 Å². The van der Waals surface area contributed by atoms with E-state index in [-0.39, 0.29) is 24.7 Å². The normalized spacial score (nSPS) is 14.0. The van der Waals surface area contributed by atoms with Crippen molar-refractivity contribution < 1.29 is 9.59 Å². The maximum Gasteiger partial charge on any atom is 0.225 e. The number of hydrogen-bond donors (Lipinski definition) is 1. The average molecular weight is 416 g/mol. The molecule has 1 saturated heterocycles. The summed E-state index contributed by atoms with van der Waals surface area (Å²) >= 11 is 5.85. The van der Waals surface area contributed by atoms with E-state index in [0.717, 1.165) is 22.9 Å². The summed E-state index contributed by atoms with van der Waals surface area (Å²) < 4.78 is 0. The highest BCUT2D eigenvalue weighted by molar-refractivity contribution is 6.30. The van der Waals surface area contributed by atoms with Crippen LogP contribution in [0, 0.1) is 13.8 Å². The van der Waals surface area contributed by atoms with Gasteiger partial charge in [0, 0.05) is 62.0 Å². The van der Waals surface area contributed by atoms with Crippen molar-refractivity contribution >= 4 is 29.4 Å². The maximum absolute atomic E-state index is 12.4. The molecule has 1 aliphatic heterocycles. The van der Waals surface area contributed by atoms with Crippen LogP contribution in [-0.2, 0) is 16.1 Å². The zero-order valence-corrected chi connectivity index (χ0v) is 17.6. The van der Waals surface area contributed by atoms with E-state index < -0.39 is 0 Å². The Bertz CT molecular complexity index is 844. The van der Waals surface area contributed by atoms with Crippen molar-refractivity contribution in [1.29, 1.82) is 0 Å². The number of rotatable bonds is 6. The van der Waals surface area contributed by atoms with Crippen LogP contribution < -0.4 is 10.2 Å². The van der Waals surface area contributed by atoms with Crippen molar-refractivity contribution in [2.75, 3.05) is 31.1 Å². The van der Waals surface area contributed by atoms with Gasteiger partial charge in [-0.1, -0.05) is 23.7 Å². The highest BCUT2D eigenvalue weighted by Crippen LogP contribution is 2.14. The Balaban J connectivity index is 1.40. The number of nitrogens with one attached hydrogen (secondary N) is 1. The molecule has 29 heavy (non-hydrogen) atoms. The Hall–Kier alpha value is -2.67. The number of piperazine rings is 1. The number of benzene rings is 1. The Morgan fingerprint density at radius 2 is 1.62 bits per heavy atom. The highest BCUT2D eigenvalue weighted by atomic mass is 35.5. The summed E-state index contributed by atoms with van der Waals surface area (Å²) in [4.78, 5) is 37.4. The van der Waals surface area contributed by atoms with E-state index in [2.05, 4.69) is 20.2 Å². The molecule has 0 spiro atoms. The van der Waals surface area contributed by atoms with Crippen LogP contribution in [0.25, 0.3) is 0 Å². The fraction of sp³-hybridized carbons (Fsp3) is 0.429. The lowest BCUT2D eigenvalue weighted by Crippen LogP contribution is -2.49. The lowest BCUT2D eigenvalue weighted by atomic mass is 10.2. The van der Waals surface area contributed by atoms with Crippen molar-refractivity contribution in [3.8, 4) is 0 Å². The Labute approximate surface area is 176 Å². The number of carbonyl (C=O) groups is 2. The first-order valence-corrected chi connectivity index (χ1v) is 10.1. The maximum atomic E-state index is 12.4. The van der Waals surface area contributed by atoms with Gasteiger partial charge in [0.2, 0.25) is 17.8 Å². The van der Waals surface area contributed by atoms with Crippen LogP contribution in [0.4, 0.5) is 5.95 Å². The number of carbonyl (C=O) groups excluding carboxylic acids is 2. The summed E-state index contributed by atoms with van der Waals surface area (Å²) in [6.45, 7) is 6.95. The molecule has 2 amide bonds. The molecule has 1 aromatic heterocycles. The molecule has 1 aliphatic rings. The predicted molar refractivity (Wildman–Crippen MR) is 113 cm³/mol. The summed E-state index contributed by atoms with van der Waals surface area (Å²) in [5.74, 6) is 0.597. The van der Waals surface area contributed by atoms with Gasteiger partial charge in [-0.05, 0) is 37.6 Å². The molecule has 8 heteroatoms. The third kappa shape index (κ3) is 6.15. The van der Waals surface area contributed by atoms with Gasteiger partial charge >= 0.3 is 0 Å². The number of aromatic nitrogens is 2. The molecule has 1 N–H and O–H groups in total. The van der Waals surface area contributed by atoms with E-state index in [9.17, 15) is 9.59 Å². The second kappa shape index (κ2) is 9.69. The van der Waals surface area contributed by atoms with Gasteiger partial charge in [0.1, 0.15) is 0 Å². The van der Waals surface area contributed by atoms with Crippen molar-refractivity contribution in [3.63, 3.8) is 0 Å². The molecule has 1 fully saturated rings. The van der Waals surface area contributed by atoms with Crippen LogP contribution >= 0.6 is 11.6 Å². The number of amides is 2. The van der Waals surface area contributed by atoms with Gasteiger partial charge in [0.25, 0.3) is 0 Å². The first kappa shape index (κ1) is 21.0. The molecule has 0 radical (unpaired) electrons. The highest BCUT2D eigenvalue weighted by Gasteiger charge is 2.23. The summed E-state index contributed by atoms with van der Waals surface area (Å²) in [5, 5.41) is 3.50. The molecule has 0 aliphatic carbocycles. The fourth-order valence-electron chi connectivity index (χ4n) is 3.27. The van der Waals surface area contributed by atoms with Gasteiger partial charge in [0.15, 0.2) is 0 Å². The van der Waals surface area contributed by atoms with Crippen LogP contribution in [0.15, 0.2) is 30.3 Å². The lowest BCUT2D eigenvalue weighted by Gasteiger charge is -2.35. The zero-order chi connectivity index (χ0) is 20.8. The fourth-order valence-corrected chi connectivity index (χ4v) is 3.40. The number of aryl methyl sites for hydroxylation is 2. The van der Waals surface area contributed by atoms with Crippen LogP contribution in [0.2, 0.25) is 5.02 Å². The summed E-state index contributed by atoms with van der Waals surface area (Å²) in [6.07, 6.45) is 0.402. The molecular weight excluding hydrogens is 390 g/mol. The minimum Gasteiger partial charge on any atom is -0.352 e. The summed E-state index contributed by atoms with van der Waals surface area (Å²) in [7, 11) is 0. The van der Waals surface area contributed by atoms with E-state index in [1.807, 2.05) is 36.9 Å². The molecule has 0 unspecified atom stereocenters. The topological polar surface area (TPSA) is 78.4 Å². The van der Waals surface area contributed by atoms with Crippen molar-refractivity contribution in [1.82, 2.24) is 20.2 Å². The Morgan fingerprint density at radius 1 is 1.00 bits per heavy atom. The Kier molecular flexibility index (Phi) is 7.04. The lowest BCUT2D eigenvalue weighted by molar-refractivity contribution is -0.133. The third-order valence-electron chi connectivity index (χ3n) is 4.85. The second-order valence-corrected chi connectivity index (χ2v) is 7.66. The largest absolute Gasteiger partial charge is 0.352 e. The molecule has 2 heterocycles. The van der Waals surface area contributed by atoms with Crippen molar-refractivity contribution in [3.05, 3.63) is 52.3 Å². The van der Waals surface area contributed by atoms with Crippen molar-refractivity contribution in [2.24, 2.45) is 0 Å². The molecule has 0 bridgehead atoms. The first-order valence-electron chi connectivity index (χ1n) is 9.77. The van der Waals surface area contributed by atoms with E-state index in [4.69, 9.17) is 11.6 Å². The monoisotopic (exact) mass is 415 g/mol. The van der Waals surface area contributed by atoms with Gasteiger partial charge in [-0.15, -0.1) is 0 Å². The standard InChI is InChI=1S/C21H26ClN5O2/c1-15-13-16(2)25-21(24-15)27-11-9-26(10-12-27)20(29)8-7-19(28)23-14-17-3-5-18(22)6-4-17/h3-6,13H,7-12,14H2,1-2H3,(H,23,28). The van der Waals surface area contributed by atoms with Gasteiger partial charge in [-0.25, -0.2) is 9.97 Å². The predicted octanol–water partition coefficient (Wildman–Crippen LogP) is 2.49. The molecule has 2 aromatic rings. The number of hydrogen-bond acceptors (Lipinski definition) is 5. The molecule has 7 nitrogen and oxygen atoms in total. The number of halogens is 1. The zero-order valence-electron chi connectivity index (χ0n) is 16.8. The average Bonchev–Trinajstić information content (AvgIpc) is 2.71. The van der Waals surface area contributed by atoms with E-state index in [1.165, 1.54) is 0 Å². The minimum absolute atomic E-state index is 0.00707. The van der Waals surface area contributed by atoms with Crippen molar-refractivity contribution in [2.45, 2.75) is 33.2 Å². The Morgan fingerprint density at radius 3 is 2.24 bits per heavy atom. The van der Waals surface area contributed by atoms with Crippen LogP contribution in [0.3, 0.4) is 0 Å². The quantitative estimate of drug-likeness (QED) is 0.784. The van der Waals surface area contributed by atoms with Crippen LogP contribution in [0.1, 0.15) is 29.8 Å². The number of nitrogens with zero attached hydrogens (tertiary/aromatic N) is 4. The smallest absolute Gasteiger partial charge is 0.225 e. The van der Waals surface area contributed by atoms with E-state index in [0.29, 0.717) is 37.7 Å². The molecule has 154 valence electrons. The number of anilines is 1. The molecule has 0 atom stereocenters. The van der Waals surface area contributed by atoms with E-state index in [1.54, 1.807) is 12.1 Å². The summed E-state index contributed by atoms with van der Waals surface area (Å²) in [5.41, 5.74) is 2.85. The van der Waals surface area contributed by atoms with Crippen LogP contribution in [-0.4, -0.2) is 52.9 Å². The van der Waals surface area contributed by atoms with Gasteiger partial charge in [-0.2, -0.15) is 0 Å². The first-order chi connectivity index (χ1) is 13.9. The second-order valence-electron chi connectivity index (χ2n) is 7.22. The molecule has 3 rings (SSSR count). The van der Waals surface area contributed by atoms with Crippen LogP contribution in [0.5, 0.6) is 0 Å². The summed E-state index contributed by atoms with van der Waals surface area (Å²) in [6, 6.07) is 9.26.